The van der Waals surface area contributed by atoms with Crippen molar-refractivity contribution in [3.63, 3.8) is 0 Å². The largest absolute Gasteiger partial charge is 0.323 e. The van der Waals surface area contributed by atoms with Gasteiger partial charge in [-0.15, -0.1) is 0 Å². The fraction of sp³-hybridized carbons (Fsp3) is 0.417. The third kappa shape index (κ3) is 3.20. The molecule has 1 aliphatic rings. The molecule has 5 N–H and O–H groups in total. The number of hydrogen-bond donors (Lipinski definition) is 3. The number of amides is 1. The molecular weight excluding hydrogens is 346 g/mol. The Labute approximate surface area is 126 Å². The van der Waals surface area contributed by atoms with Crippen LogP contribution in [-0.2, 0) is 14.8 Å². The van der Waals surface area contributed by atoms with Gasteiger partial charge >= 0.3 is 0 Å². The third-order valence-corrected chi connectivity index (χ3v) is 5.00. The number of sulfonamides is 1. The van der Waals surface area contributed by atoms with Gasteiger partial charge in [0.2, 0.25) is 15.9 Å². The lowest BCUT2D eigenvalue weighted by atomic mass is 9.96. The third-order valence-electron chi connectivity index (χ3n) is 3.43. The Morgan fingerprint density at radius 1 is 1.45 bits per heavy atom. The zero-order valence-electron chi connectivity index (χ0n) is 10.9. The van der Waals surface area contributed by atoms with Gasteiger partial charge in [0, 0.05) is 4.47 Å². The van der Waals surface area contributed by atoms with Crippen molar-refractivity contribution in [3.8, 4) is 0 Å². The Kier molecular flexibility index (Phi) is 3.94. The van der Waals surface area contributed by atoms with E-state index in [-0.39, 0.29) is 16.7 Å². The van der Waals surface area contributed by atoms with Crippen LogP contribution in [0.5, 0.6) is 0 Å². The second-order valence-corrected chi connectivity index (χ2v) is 7.61. The van der Waals surface area contributed by atoms with Gasteiger partial charge in [-0.3, -0.25) is 4.79 Å². The predicted molar refractivity (Wildman–Crippen MR) is 79.5 cm³/mol. The van der Waals surface area contributed by atoms with E-state index >= 15 is 0 Å². The highest BCUT2D eigenvalue weighted by Gasteiger charge is 2.44. The number of halogens is 1. The number of nitrogens with two attached hydrogens (primary N) is 2. The molecule has 0 aliphatic heterocycles. The lowest BCUT2D eigenvalue weighted by Gasteiger charge is -2.23. The number of anilines is 1. The van der Waals surface area contributed by atoms with Crippen molar-refractivity contribution in [2.45, 2.75) is 30.2 Å². The zero-order valence-corrected chi connectivity index (χ0v) is 13.3. The van der Waals surface area contributed by atoms with Crippen molar-refractivity contribution < 1.29 is 13.2 Å². The molecule has 1 aromatic rings. The van der Waals surface area contributed by atoms with Gasteiger partial charge in [-0.25, -0.2) is 13.6 Å². The molecule has 6 nitrogen and oxygen atoms in total. The minimum absolute atomic E-state index is 0.0277. The summed E-state index contributed by atoms with van der Waals surface area (Å²) < 4.78 is 22.9. The molecule has 8 heteroatoms. The summed E-state index contributed by atoms with van der Waals surface area (Å²) in [5, 5.41) is 7.74. The number of hydrogen-bond acceptors (Lipinski definition) is 4. The first-order valence-corrected chi connectivity index (χ1v) is 8.39. The molecule has 0 heterocycles. The standard InChI is InChI=1S/C12H16BrN3O3S/c1-12(14,7-2-3-7)11(17)16-10-5-4-8(6-9(10)13)20(15,18)19/h4-7H,2-3,14H2,1H3,(H,16,17)(H2,15,18,19). The van der Waals surface area contributed by atoms with Crippen LogP contribution in [0.4, 0.5) is 5.69 Å². The summed E-state index contributed by atoms with van der Waals surface area (Å²) in [7, 11) is -3.77. The molecule has 1 atom stereocenters. The van der Waals surface area contributed by atoms with E-state index in [4.69, 9.17) is 10.9 Å². The molecule has 1 fully saturated rings. The fourth-order valence-electron chi connectivity index (χ4n) is 1.90. The summed E-state index contributed by atoms with van der Waals surface area (Å²) in [5.74, 6) is -0.0889. The fourth-order valence-corrected chi connectivity index (χ4v) is 3.07. The van der Waals surface area contributed by atoms with Crippen molar-refractivity contribution in [2.75, 3.05) is 5.32 Å². The van der Waals surface area contributed by atoms with E-state index in [2.05, 4.69) is 21.2 Å². The summed E-state index contributed by atoms with van der Waals surface area (Å²) >= 11 is 3.21. The Morgan fingerprint density at radius 3 is 2.50 bits per heavy atom. The first-order valence-electron chi connectivity index (χ1n) is 6.05. The minimum Gasteiger partial charge on any atom is -0.323 e. The van der Waals surface area contributed by atoms with Gasteiger partial charge in [0.05, 0.1) is 16.1 Å². The normalized spacial score (nSPS) is 18.4. The highest BCUT2D eigenvalue weighted by molar-refractivity contribution is 9.10. The quantitative estimate of drug-likeness (QED) is 0.745. The van der Waals surface area contributed by atoms with Crippen molar-refractivity contribution >= 4 is 37.5 Å². The lowest BCUT2D eigenvalue weighted by Crippen LogP contribution is -2.50. The predicted octanol–water partition coefficient (Wildman–Crippen LogP) is 1.16. The minimum atomic E-state index is -3.77. The maximum absolute atomic E-state index is 12.1. The maximum atomic E-state index is 12.1. The summed E-state index contributed by atoms with van der Waals surface area (Å²) in [4.78, 5) is 12.1. The van der Waals surface area contributed by atoms with Crippen LogP contribution in [0.15, 0.2) is 27.6 Å². The molecule has 0 radical (unpaired) electrons. The molecule has 1 aliphatic carbocycles. The molecule has 20 heavy (non-hydrogen) atoms. The van der Waals surface area contributed by atoms with Crippen LogP contribution in [0.25, 0.3) is 0 Å². The van der Waals surface area contributed by atoms with E-state index in [0.29, 0.717) is 10.2 Å². The molecule has 0 aromatic heterocycles. The molecule has 1 aromatic carbocycles. The molecule has 0 bridgehead atoms. The van der Waals surface area contributed by atoms with Crippen LogP contribution >= 0.6 is 15.9 Å². The van der Waals surface area contributed by atoms with Gasteiger partial charge < -0.3 is 11.1 Å². The Balaban J connectivity index is 2.20. The van der Waals surface area contributed by atoms with Gasteiger partial charge in [0.15, 0.2) is 0 Å². The van der Waals surface area contributed by atoms with E-state index in [1.54, 1.807) is 6.92 Å². The summed E-state index contributed by atoms with van der Waals surface area (Å²) in [5.41, 5.74) is 5.56. The molecule has 1 saturated carbocycles. The topological polar surface area (TPSA) is 115 Å². The number of carbonyl (C=O) groups is 1. The Morgan fingerprint density at radius 2 is 2.05 bits per heavy atom. The highest BCUT2D eigenvalue weighted by atomic mass is 79.9. The summed E-state index contributed by atoms with van der Waals surface area (Å²) in [6.07, 6.45) is 1.90. The number of primary sulfonamides is 1. The van der Waals surface area contributed by atoms with Gasteiger partial charge in [-0.05, 0) is 59.8 Å². The van der Waals surface area contributed by atoms with Gasteiger partial charge in [-0.1, -0.05) is 0 Å². The maximum Gasteiger partial charge on any atom is 0.244 e. The zero-order chi connectivity index (χ0) is 15.1. The molecule has 2 rings (SSSR count). The van der Waals surface area contributed by atoms with Crippen LogP contribution in [0.1, 0.15) is 19.8 Å². The van der Waals surface area contributed by atoms with Crippen LogP contribution in [-0.4, -0.2) is 19.9 Å². The van der Waals surface area contributed by atoms with Crippen molar-refractivity contribution in [2.24, 2.45) is 16.8 Å². The van der Waals surface area contributed by atoms with Gasteiger partial charge in [-0.2, -0.15) is 0 Å². The van der Waals surface area contributed by atoms with E-state index in [1.165, 1.54) is 18.2 Å². The second-order valence-electron chi connectivity index (χ2n) is 5.20. The highest BCUT2D eigenvalue weighted by Crippen LogP contribution is 2.39. The average Bonchev–Trinajstić information content (AvgIpc) is 3.14. The number of nitrogens with one attached hydrogen (secondary N) is 1. The second kappa shape index (κ2) is 5.10. The molecule has 0 saturated heterocycles. The lowest BCUT2D eigenvalue weighted by molar-refractivity contribution is -0.121. The number of benzene rings is 1. The average molecular weight is 362 g/mol. The van der Waals surface area contributed by atoms with Crippen LogP contribution in [0, 0.1) is 5.92 Å². The smallest absolute Gasteiger partial charge is 0.244 e. The Hall–Kier alpha value is -0.960. The summed E-state index contributed by atoms with van der Waals surface area (Å²) in [6, 6.07) is 4.15. The van der Waals surface area contributed by atoms with Crippen molar-refractivity contribution in [3.05, 3.63) is 22.7 Å². The number of carbonyl (C=O) groups excluding carboxylic acids is 1. The van der Waals surface area contributed by atoms with Crippen molar-refractivity contribution in [1.82, 2.24) is 0 Å². The van der Waals surface area contributed by atoms with E-state index in [0.717, 1.165) is 12.8 Å². The molecule has 1 unspecified atom stereocenters. The molecule has 110 valence electrons. The van der Waals surface area contributed by atoms with Crippen LogP contribution in [0.2, 0.25) is 0 Å². The van der Waals surface area contributed by atoms with Crippen molar-refractivity contribution in [1.29, 1.82) is 0 Å². The Bertz CT molecular complexity index is 654. The molecular formula is C12H16BrN3O3S. The van der Waals surface area contributed by atoms with Crippen LogP contribution in [0.3, 0.4) is 0 Å². The van der Waals surface area contributed by atoms with Gasteiger partial charge in [0.1, 0.15) is 0 Å². The monoisotopic (exact) mass is 361 g/mol. The van der Waals surface area contributed by atoms with Gasteiger partial charge in [0.25, 0.3) is 0 Å². The molecule has 0 spiro atoms. The van der Waals surface area contributed by atoms with Crippen LogP contribution < -0.4 is 16.2 Å². The first kappa shape index (κ1) is 15.4. The number of rotatable bonds is 4. The van der Waals surface area contributed by atoms with E-state index < -0.39 is 15.6 Å². The SMILES string of the molecule is CC(N)(C(=O)Nc1ccc(S(N)(=O)=O)cc1Br)C1CC1. The van der Waals surface area contributed by atoms with E-state index in [1.807, 2.05) is 0 Å². The molecule has 1 amide bonds. The summed E-state index contributed by atoms with van der Waals surface area (Å²) in [6.45, 7) is 1.70. The first-order chi connectivity index (χ1) is 9.12. The van der Waals surface area contributed by atoms with E-state index in [9.17, 15) is 13.2 Å².